The van der Waals surface area contributed by atoms with Crippen LogP contribution in [0.25, 0.3) is 0 Å². The van der Waals surface area contributed by atoms with Gasteiger partial charge in [-0.3, -0.25) is 4.79 Å². The zero-order valence-corrected chi connectivity index (χ0v) is 15.8. The Morgan fingerprint density at radius 3 is 2.88 bits per heavy atom. The lowest BCUT2D eigenvalue weighted by atomic mass is 9.96. The van der Waals surface area contributed by atoms with Gasteiger partial charge >= 0.3 is 0 Å². The normalized spacial score (nSPS) is 23.0. The summed E-state index contributed by atoms with van der Waals surface area (Å²) in [5.41, 5.74) is 1.30. The molecule has 0 spiro atoms. The van der Waals surface area contributed by atoms with Gasteiger partial charge in [-0.25, -0.2) is 9.97 Å². The van der Waals surface area contributed by atoms with Crippen molar-refractivity contribution in [3.05, 3.63) is 39.5 Å². The first-order valence-electron chi connectivity index (χ1n) is 8.84. The van der Waals surface area contributed by atoms with Crippen LogP contribution in [-0.4, -0.2) is 26.9 Å². The van der Waals surface area contributed by atoms with Gasteiger partial charge in [0.15, 0.2) is 0 Å². The summed E-state index contributed by atoms with van der Waals surface area (Å²) in [7, 11) is 0. The van der Waals surface area contributed by atoms with Gasteiger partial charge in [-0.05, 0) is 43.2 Å². The average Bonchev–Trinajstić information content (AvgIpc) is 3.16. The maximum Gasteiger partial charge on any atom is 0.208 e. The highest BCUT2D eigenvalue weighted by atomic mass is 32.1. The molecule has 1 fully saturated rings. The molecule has 0 unspecified atom stereocenters. The number of nitrogens with zero attached hydrogens (tertiary/aromatic N) is 2. The number of aliphatic hydroxyl groups is 1. The molecule has 5 nitrogen and oxygen atoms in total. The highest BCUT2D eigenvalue weighted by molar-refractivity contribution is 7.14. The Morgan fingerprint density at radius 2 is 2.24 bits per heavy atom. The quantitative estimate of drug-likeness (QED) is 0.767. The van der Waals surface area contributed by atoms with E-state index in [2.05, 4.69) is 29.1 Å². The highest BCUT2D eigenvalue weighted by Gasteiger charge is 2.31. The molecule has 0 aromatic carbocycles. The third kappa shape index (κ3) is 3.75. The second-order valence-corrected chi connectivity index (χ2v) is 8.18. The molecule has 6 heteroatoms. The number of thiophene rings is 1. The van der Waals surface area contributed by atoms with Crippen molar-refractivity contribution in [2.24, 2.45) is 11.8 Å². The van der Waals surface area contributed by atoms with E-state index in [1.807, 2.05) is 6.92 Å². The van der Waals surface area contributed by atoms with Crippen LogP contribution >= 0.6 is 11.3 Å². The van der Waals surface area contributed by atoms with Gasteiger partial charge in [-0.15, -0.1) is 11.3 Å². The Morgan fingerprint density at radius 1 is 1.44 bits per heavy atom. The Labute approximate surface area is 152 Å². The van der Waals surface area contributed by atoms with Crippen LogP contribution < -0.4 is 5.32 Å². The van der Waals surface area contributed by atoms with E-state index in [9.17, 15) is 9.90 Å². The molecule has 2 heterocycles. The van der Waals surface area contributed by atoms with Crippen molar-refractivity contribution in [2.75, 3.05) is 5.32 Å². The van der Waals surface area contributed by atoms with E-state index in [0.29, 0.717) is 28.2 Å². The lowest BCUT2D eigenvalue weighted by Crippen LogP contribution is -2.19. The molecular weight excluding hydrogens is 334 g/mol. The lowest BCUT2D eigenvalue weighted by molar-refractivity contribution is 0.104. The first kappa shape index (κ1) is 18.0. The number of nitrogens with one attached hydrogen (secondary N) is 1. The predicted molar refractivity (Wildman–Crippen MR) is 100 cm³/mol. The van der Waals surface area contributed by atoms with Gasteiger partial charge < -0.3 is 10.4 Å². The van der Waals surface area contributed by atoms with E-state index in [1.54, 1.807) is 12.3 Å². The summed E-state index contributed by atoms with van der Waals surface area (Å²) in [4.78, 5) is 22.9. The van der Waals surface area contributed by atoms with Crippen LogP contribution in [0.3, 0.4) is 0 Å². The molecule has 0 bridgehead atoms. The smallest absolute Gasteiger partial charge is 0.208 e. The molecule has 25 heavy (non-hydrogen) atoms. The average molecular weight is 359 g/mol. The SMILES string of the molecule is CC[C@H]1C[C@@H](Nc2ncncc2C(=O)c2cc(CO)c(C)s2)C[C@@H]1C. The molecule has 1 aliphatic rings. The molecule has 134 valence electrons. The Hall–Kier alpha value is -1.79. The van der Waals surface area contributed by atoms with Gasteiger partial charge in [0.1, 0.15) is 12.1 Å². The number of aryl methyl sites for hydroxylation is 1. The van der Waals surface area contributed by atoms with Crippen molar-refractivity contribution in [3.8, 4) is 0 Å². The van der Waals surface area contributed by atoms with Crippen molar-refractivity contribution >= 4 is 22.9 Å². The number of carbonyl (C=O) groups is 1. The van der Waals surface area contributed by atoms with E-state index in [1.165, 1.54) is 24.1 Å². The number of hydrogen-bond donors (Lipinski definition) is 2. The summed E-state index contributed by atoms with van der Waals surface area (Å²) in [6.07, 6.45) is 6.47. The molecule has 3 rings (SSSR count). The van der Waals surface area contributed by atoms with Crippen molar-refractivity contribution in [1.82, 2.24) is 9.97 Å². The fourth-order valence-electron chi connectivity index (χ4n) is 3.75. The summed E-state index contributed by atoms with van der Waals surface area (Å²) < 4.78 is 0. The molecule has 1 aliphatic carbocycles. The molecule has 1 saturated carbocycles. The third-order valence-electron chi connectivity index (χ3n) is 5.29. The Bertz CT molecular complexity index is 759. The number of anilines is 1. The van der Waals surface area contributed by atoms with Crippen molar-refractivity contribution in [1.29, 1.82) is 0 Å². The Kier molecular flexibility index (Phi) is 5.49. The summed E-state index contributed by atoms with van der Waals surface area (Å²) in [6.45, 7) is 6.40. The molecule has 3 atom stereocenters. The molecule has 0 radical (unpaired) electrons. The van der Waals surface area contributed by atoms with Crippen LogP contribution in [0.4, 0.5) is 5.82 Å². The van der Waals surface area contributed by atoms with Gasteiger partial charge in [-0.1, -0.05) is 20.3 Å². The fourth-order valence-corrected chi connectivity index (χ4v) is 4.74. The van der Waals surface area contributed by atoms with E-state index >= 15 is 0 Å². The number of aromatic nitrogens is 2. The summed E-state index contributed by atoms with van der Waals surface area (Å²) >= 11 is 1.40. The molecule has 2 aromatic rings. The van der Waals surface area contributed by atoms with Gasteiger partial charge in [-0.2, -0.15) is 0 Å². The molecule has 2 N–H and O–H groups in total. The maximum absolute atomic E-state index is 12.9. The van der Waals surface area contributed by atoms with Crippen LogP contribution in [0.2, 0.25) is 0 Å². The van der Waals surface area contributed by atoms with Crippen LogP contribution in [-0.2, 0) is 6.61 Å². The summed E-state index contributed by atoms with van der Waals surface area (Å²) in [5.74, 6) is 1.95. The second kappa shape index (κ2) is 7.62. The largest absolute Gasteiger partial charge is 0.392 e. The van der Waals surface area contributed by atoms with E-state index in [4.69, 9.17) is 0 Å². The topological polar surface area (TPSA) is 75.1 Å². The first-order valence-corrected chi connectivity index (χ1v) is 9.66. The maximum atomic E-state index is 12.9. The van der Waals surface area contributed by atoms with Crippen molar-refractivity contribution < 1.29 is 9.90 Å². The van der Waals surface area contributed by atoms with Crippen LogP contribution in [0.1, 0.15) is 58.8 Å². The van der Waals surface area contributed by atoms with Gasteiger partial charge in [0.2, 0.25) is 5.78 Å². The fraction of sp³-hybridized carbons (Fsp3) is 0.526. The highest BCUT2D eigenvalue weighted by Crippen LogP contribution is 2.35. The number of aliphatic hydroxyl groups excluding tert-OH is 1. The zero-order chi connectivity index (χ0) is 18.0. The second-order valence-electron chi connectivity index (χ2n) is 6.92. The number of carbonyl (C=O) groups excluding carboxylic acids is 1. The number of ketones is 1. The van der Waals surface area contributed by atoms with Crippen LogP contribution in [0.15, 0.2) is 18.6 Å². The lowest BCUT2D eigenvalue weighted by Gasteiger charge is -2.15. The number of rotatable bonds is 6. The zero-order valence-electron chi connectivity index (χ0n) is 15.0. The van der Waals surface area contributed by atoms with Crippen molar-refractivity contribution in [3.63, 3.8) is 0 Å². The van der Waals surface area contributed by atoms with Crippen molar-refractivity contribution in [2.45, 2.75) is 52.7 Å². The van der Waals surface area contributed by atoms with E-state index < -0.39 is 0 Å². The van der Waals surface area contributed by atoms with Gasteiger partial charge in [0, 0.05) is 17.1 Å². The molecular formula is C19H25N3O2S. The van der Waals surface area contributed by atoms with E-state index in [0.717, 1.165) is 29.2 Å². The summed E-state index contributed by atoms with van der Waals surface area (Å²) in [6, 6.07) is 2.11. The van der Waals surface area contributed by atoms with Crippen LogP contribution in [0.5, 0.6) is 0 Å². The molecule has 0 amide bonds. The monoisotopic (exact) mass is 359 g/mol. The first-order chi connectivity index (χ1) is 12.0. The molecule has 0 aliphatic heterocycles. The van der Waals surface area contributed by atoms with E-state index in [-0.39, 0.29) is 12.4 Å². The van der Waals surface area contributed by atoms with Gasteiger partial charge in [0.25, 0.3) is 0 Å². The molecule has 2 aromatic heterocycles. The standard InChI is InChI=1S/C19H25N3O2S/c1-4-13-6-15(5-11(13)2)22-19-16(8-20-10-21-19)18(24)17-7-14(9-23)12(3)25-17/h7-8,10-11,13,15,23H,4-6,9H2,1-3H3,(H,20,21,22)/t11-,13-,15-/m0/s1. The Balaban J connectivity index is 1.82. The number of hydrogen-bond acceptors (Lipinski definition) is 6. The minimum absolute atomic E-state index is 0.0512. The third-order valence-corrected chi connectivity index (χ3v) is 6.38. The van der Waals surface area contributed by atoms with Gasteiger partial charge in [0.05, 0.1) is 17.0 Å². The molecule has 0 saturated heterocycles. The predicted octanol–water partition coefficient (Wildman–Crippen LogP) is 3.81. The van der Waals surface area contributed by atoms with Crippen LogP contribution in [0, 0.1) is 18.8 Å². The minimum atomic E-state index is -0.0889. The summed E-state index contributed by atoms with van der Waals surface area (Å²) in [5, 5.41) is 12.8. The minimum Gasteiger partial charge on any atom is -0.392 e.